The highest BCUT2D eigenvalue weighted by atomic mass is 32.2. The number of nitrogens with zero attached hydrogens (tertiary/aromatic N) is 2. The second-order valence-corrected chi connectivity index (χ2v) is 8.87. The Hall–Kier alpha value is -2.64. The lowest BCUT2D eigenvalue weighted by Crippen LogP contribution is -2.34. The fourth-order valence-electron chi connectivity index (χ4n) is 3.16. The van der Waals surface area contributed by atoms with Gasteiger partial charge in [-0.25, -0.2) is 12.7 Å². The van der Waals surface area contributed by atoms with Gasteiger partial charge in [0.1, 0.15) is 10.6 Å². The van der Waals surface area contributed by atoms with Gasteiger partial charge in [-0.2, -0.15) is 0 Å². The summed E-state index contributed by atoms with van der Waals surface area (Å²) in [4.78, 5) is 14.7. The monoisotopic (exact) mass is 400 g/mol. The molecule has 148 valence electrons. The SMILES string of the molecule is COc1ccc(C(=O)N2CC=C(c3ccccc3)CC2)cc1S(=O)(=O)N(C)C. The molecule has 3 rings (SSSR count). The molecule has 28 heavy (non-hydrogen) atoms. The number of benzene rings is 2. The molecule has 0 aromatic heterocycles. The van der Waals surface area contributed by atoms with Crippen LogP contribution in [-0.4, -0.2) is 57.8 Å². The molecule has 7 heteroatoms. The van der Waals surface area contributed by atoms with Gasteiger partial charge in [-0.15, -0.1) is 0 Å². The van der Waals surface area contributed by atoms with E-state index in [4.69, 9.17) is 4.74 Å². The van der Waals surface area contributed by atoms with Crippen molar-refractivity contribution in [2.75, 3.05) is 34.3 Å². The van der Waals surface area contributed by atoms with Gasteiger partial charge in [0.05, 0.1) is 7.11 Å². The minimum absolute atomic E-state index is 0.0108. The summed E-state index contributed by atoms with van der Waals surface area (Å²) in [7, 11) is 0.580. The Bertz CT molecular complexity index is 998. The maximum Gasteiger partial charge on any atom is 0.254 e. The number of methoxy groups -OCH3 is 1. The molecule has 0 atom stereocenters. The van der Waals surface area contributed by atoms with Gasteiger partial charge >= 0.3 is 0 Å². The summed E-state index contributed by atoms with van der Waals surface area (Å²) in [5, 5.41) is 0. The van der Waals surface area contributed by atoms with E-state index in [1.165, 1.54) is 44.5 Å². The van der Waals surface area contributed by atoms with Crippen molar-refractivity contribution in [3.8, 4) is 5.75 Å². The van der Waals surface area contributed by atoms with Crippen LogP contribution in [0.25, 0.3) is 5.57 Å². The van der Waals surface area contributed by atoms with Gasteiger partial charge < -0.3 is 9.64 Å². The molecule has 0 aliphatic carbocycles. The fraction of sp³-hybridized carbons (Fsp3) is 0.286. The predicted octanol–water partition coefficient (Wildman–Crippen LogP) is 2.88. The molecule has 1 aliphatic rings. The molecule has 0 bridgehead atoms. The van der Waals surface area contributed by atoms with Crippen molar-refractivity contribution >= 4 is 21.5 Å². The first-order chi connectivity index (χ1) is 13.3. The Balaban J connectivity index is 1.85. The van der Waals surface area contributed by atoms with E-state index in [1.54, 1.807) is 11.0 Å². The van der Waals surface area contributed by atoms with Crippen molar-refractivity contribution in [3.63, 3.8) is 0 Å². The normalized spacial score (nSPS) is 14.7. The third-order valence-electron chi connectivity index (χ3n) is 4.81. The van der Waals surface area contributed by atoms with Crippen molar-refractivity contribution in [1.29, 1.82) is 0 Å². The van der Waals surface area contributed by atoms with E-state index in [-0.39, 0.29) is 16.6 Å². The zero-order chi connectivity index (χ0) is 20.3. The number of hydrogen-bond donors (Lipinski definition) is 0. The zero-order valence-corrected chi connectivity index (χ0v) is 17.1. The minimum Gasteiger partial charge on any atom is -0.495 e. The number of carbonyl (C=O) groups is 1. The number of hydrogen-bond acceptors (Lipinski definition) is 4. The fourth-order valence-corrected chi connectivity index (χ4v) is 4.23. The third-order valence-corrected chi connectivity index (χ3v) is 6.65. The summed E-state index contributed by atoms with van der Waals surface area (Å²) in [5.74, 6) is 0.0244. The largest absolute Gasteiger partial charge is 0.495 e. The minimum atomic E-state index is -3.73. The molecule has 0 saturated carbocycles. The summed E-state index contributed by atoms with van der Waals surface area (Å²) < 4.78 is 31.4. The molecule has 1 aliphatic heterocycles. The Kier molecular flexibility index (Phi) is 5.86. The topological polar surface area (TPSA) is 66.9 Å². The molecular formula is C21H24N2O4S. The van der Waals surface area contributed by atoms with Gasteiger partial charge in [-0.1, -0.05) is 36.4 Å². The Labute approximate surface area is 166 Å². The number of ether oxygens (including phenoxy) is 1. The van der Waals surface area contributed by atoms with Crippen LogP contribution in [0, 0.1) is 0 Å². The molecule has 0 radical (unpaired) electrons. The molecule has 1 heterocycles. The van der Waals surface area contributed by atoms with E-state index in [1.807, 2.05) is 18.2 Å². The van der Waals surface area contributed by atoms with Gasteiger partial charge in [0.25, 0.3) is 5.91 Å². The molecule has 0 saturated heterocycles. The van der Waals surface area contributed by atoms with E-state index >= 15 is 0 Å². The van der Waals surface area contributed by atoms with Crippen LogP contribution < -0.4 is 4.74 Å². The molecule has 1 amide bonds. The van der Waals surface area contributed by atoms with E-state index in [0.29, 0.717) is 18.7 Å². The second-order valence-electron chi connectivity index (χ2n) is 6.75. The van der Waals surface area contributed by atoms with Crippen molar-refractivity contribution in [2.45, 2.75) is 11.3 Å². The number of rotatable bonds is 5. The summed E-state index contributed by atoms with van der Waals surface area (Å²) >= 11 is 0. The van der Waals surface area contributed by atoms with E-state index in [2.05, 4.69) is 18.2 Å². The number of amides is 1. The summed E-state index contributed by atoms with van der Waals surface area (Å²) in [6.45, 7) is 1.08. The molecule has 2 aromatic carbocycles. The molecule has 6 nitrogen and oxygen atoms in total. The number of sulfonamides is 1. The molecule has 0 N–H and O–H groups in total. The van der Waals surface area contributed by atoms with Crippen LogP contribution in [0.15, 0.2) is 59.5 Å². The molecule has 0 spiro atoms. The highest BCUT2D eigenvalue weighted by Gasteiger charge is 2.26. The van der Waals surface area contributed by atoms with Gasteiger partial charge in [0.2, 0.25) is 10.0 Å². The predicted molar refractivity (Wildman–Crippen MR) is 109 cm³/mol. The third kappa shape index (κ3) is 3.95. The Morgan fingerprint density at radius 2 is 1.82 bits per heavy atom. The lowest BCUT2D eigenvalue weighted by molar-refractivity contribution is 0.0772. The van der Waals surface area contributed by atoms with Crippen molar-refractivity contribution in [3.05, 3.63) is 65.7 Å². The van der Waals surface area contributed by atoms with Crippen LogP contribution in [0.5, 0.6) is 5.75 Å². The van der Waals surface area contributed by atoms with E-state index in [0.717, 1.165) is 10.7 Å². The van der Waals surface area contributed by atoms with Gasteiger partial charge in [-0.3, -0.25) is 4.79 Å². The first kappa shape index (κ1) is 20.1. The first-order valence-corrected chi connectivity index (χ1v) is 10.4. The Morgan fingerprint density at radius 3 is 2.39 bits per heavy atom. The lowest BCUT2D eigenvalue weighted by atomic mass is 9.99. The van der Waals surface area contributed by atoms with Gasteiger partial charge in [0.15, 0.2) is 0 Å². The summed E-state index contributed by atoms with van der Waals surface area (Å²) in [6.07, 6.45) is 2.81. The van der Waals surface area contributed by atoms with Crippen LogP contribution in [-0.2, 0) is 10.0 Å². The van der Waals surface area contributed by atoms with Crippen molar-refractivity contribution < 1.29 is 17.9 Å². The van der Waals surface area contributed by atoms with Crippen LogP contribution in [0.2, 0.25) is 0 Å². The van der Waals surface area contributed by atoms with E-state index in [9.17, 15) is 13.2 Å². The van der Waals surface area contributed by atoms with Crippen LogP contribution in [0.4, 0.5) is 0 Å². The highest BCUT2D eigenvalue weighted by Crippen LogP contribution is 2.28. The maximum atomic E-state index is 12.9. The van der Waals surface area contributed by atoms with Crippen molar-refractivity contribution in [1.82, 2.24) is 9.21 Å². The van der Waals surface area contributed by atoms with Gasteiger partial charge in [0, 0.05) is 32.7 Å². The average molecular weight is 401 g/mol. The van der Waals surface area contributed by atoms with Gasteiger partial charge in [-0.05, 0) is 35.8 Å². The van der Waals surface area contributed by atoms with Crippen LogP contribution >= 0.6 is 0 Å². The second kappa shape index (κ2) is 8.16. The molecule has 0 unspecified atom stereocenters. The van der Waals surface area contributed by atoms with Crippen molar-refractivity contribution in [2.24, 2.45) is 0 Å². The molecule has 0 fully saturated rings. The molecule has 2 aromatic rings. The smallest absolute Gasteiger partial charge is 0.254 e. The Morgan fingerprint density at radius 1 is 1.11 bits per heavy atom. The maximum absolute atomic E-state index is 12.9. The standard InChI is InChI=1S/C21H24N2O4S/c1-22(2)28(25,26)20-15-18(9-10-19(20)27-3)21(24)23-13-11-17(12-14-23)16-7-5-4-6-8-16/h4-11,15H,12-14H2,1-3H3. The quantitative estimate of drug-likeness (QED) is 0.774. The van der Waals surface area contributed by atoms with E-state index < -0.39 is 10.0 Å². The summed E-state index contributed by atoms with van der Waals surface area (Å²) in [6, 6.07) is 14.6. The highest BCUT2D eigenvalue weighted by molar-refractivity contribution is 7.89. The summed E-state index contributed by atoms with van der Waals surface area (Å²) in [5.41, 5.74) is 2.71. The van der Waals surface area contributed by atoms with Crippen LogP contribution in [0.3, 0.4) is 0 Å². The zero-order valence-electron chi connectivity index (χ0n) is 16.3. The average Bonchev–Trinajstić information content (AvgIpc) is 2.73. The lowest BCUT2D eigenvalue weighted by Gasteiger charge is -2.27. The van der Waals surface area contributed by atoms with Crippen LogP contribution in [0.1, 0.15) is 22.3 Å². The molecular weight excluding hydrogens is 376 g/mol. The first-order valence-electron chi connectivity index (χ1n) is 8.99. The number of carbonyl (C=O) groups excluding carboxylic acids is 1.